The van der Waals surface area contributed by atoms with Gasteiger partial charge in [-0.25, -0.2) is 14.4 Å². The summed E-state index contributed by atoms with van der Waals surface area (Å²) in [5.74, 6) is -0.514. The van der Waals surface area contributed by atoms with E-state index in [9.17, 15) is 19.2 Å². The van der Waals surface area contributed by atoms with Gasteiger partial charge in [-0.3, -0.25) is 4.79 Å². The van der Waals surface area contributed by atoms with Crippen molar-refractivity contribution in [2.45, 2.75) is 74.3 Å². The third kappa shape index (κ3) is 16.0. The molecule has 0 saturated carbocycles. The Labute approximate surface area is 248 Å². The lowest BCUT2D eigenvalue weighted by molar-refractivity contribution is -0.143. The van der Waals surface area contributed by atoms with Crippen LogP contribution in [-0.4, -0.2) is 70.6 Å². The second-order valence-corrected chi connectivity index (χ2v) is 12.3. The van der Waals surface area contributed by atoms with Crippen LogP contribution in [0.3, 0.4) is 0 Å². The van der Waals surface area contributed by atoms with Gasteiger partial charge in [-0.2, -0.15) is 0 Å². The van der Waals surface area contributed by atoms with Crippen molar-refractivity contribution in [2.75, 3.05) is 40.1 Å². The van der Waals surface area contributed by atoms with E-state index in [0.717, 1.165) is 6.42 Å². The van der Waals surface area contributed by atoms with Gasteiger partial charge in [-0.05, 0) is 40.9 Å². The summed E-state index contributed by atoms with van der Waals surface area (Å²) in [5, 5.41) is 2.98. The highest BCUT2D eigenvalue weighted by Crippen LogP contribution is 2.30. The van der Waals surface area contributed by atoms with Crippen molar-refractivity contribution in [3.05, 3.63) is 23.8 Å². The number of hydrogen-bond acceptors (Lipinski definition) is 12. The van der Waals surface area contributed by atoms with Crippen LogP contribution in [-0.2, 0) is 34.9 Å². The second kappa shape index (κ2) is 17.4. The number of nitrogens with one attached hydrogen (secondary N) is 1. The molecule has 0 radical (unpaired) electrons. The number of esters is 1. The van der Waals surface area contributed by atoms with Crippen molar-refractivity contribution in [1.82, 2.24) is 5.32 Å². The molecule has 0 saturated heterocycles. The van der Waals surface area contributed by atoms with Crippen LogP contribution in [0.2, 0.25) is 0 Å². The maximum absolute atomic E-state index is 12.5. The van der Waals surface area contributed by atoms with Gasteiger partial charge in [0.2, 0.25) is 0 Å². The first-order valence-electron chi connectivity index (χ1n) is 14.0. The van der Waals surface area contributed by atoms with E-state index in [4.69, 9.17) is 33.2 Å². The maximum Gasteiger partial charge on any atom is 0.513 e. The summed E-state index contributed by atoms with van der Waals surface area (Å²) < 4.78 is 36.0. The lowest BCUT2D eigenvalue weighted by Gasteiger charge is -2.20. The molecule has 12 heteroatoms. The van der Waals surface area contributed by atoms with Crippen LogP contribution in [0.1, 0.15) is 67.4 Å². The molecule has 0 aliphatic heterocycles. The minimum atomic E-state index is -0.991. The van der Waals surface area contributed by atoms with Gasteiger partial charge in [-0.15, -0.1) is 0 Å². The Kier molecular flexibility index (Phi) is 15.1. The van der Waals surface area contributed by atoms with Crippen LogP contribution >= 0.6 is 0 Å². The average Bonchev–Trinajstić information content (AvgIpc) is 2.91. The summed E-state index contributed by atoms with van der Waals surface area (Å²) in [5.41, 5.74) is -0.0423. The van der Waals surface area contributed by atoms with E-state index in [1.54, 1.807) is 6.07 Å². The van der Waals surface area contributed by atoms with Gasteiger partial charge in [0.05, 0.1) is 26.9 Å². The fraction of sp³-hybridized carbons (Fsp3) is 0.667. The van der Waals surface area contributed by atoms with E-state index >= 15 is 0 Å². The van der Waals surface area contributed by atoms with Crippen molar-refractivity contribution >= 4 is 24.4 Å². The summed E-state index contributed by atoms with van der Waals surface area (Å²) in [4.78, 5) is 48.9. The van der Waals surface area contributed by atoms with E-state index in [2.05, 4.69) is 5.32 Å². The molecule has 0 heterocycles. The molecule has 0 amide bonds. The molecule has 1 aromatic rings. The minimum absolute atomic E-state index is 0.0374. The molecule has 0 bridgehead atoms. The van der Waals surface area contributed by atoms with Crippen molar-refractivity contribution in [2.24, 2.45) is 16.7 Å². The van der Waals surface area contributed by atoms with E-state index in [1.165, 1.54) is 19.2 Å². The Morgan fingerprint density at radius 1 is 0.810 bits per heavy atom. The summed E-state index contributed by atoms with van der Waals surface area (Å²) in [6.45, 7) is 15.9. The largest absolute Gasteiger partial charge is 0.513 e. The van der Waals surface area contributed by atoms with Gasteiger partial charge >= 0.3 is 24.4 Å². The molecular weight excluding hydrogens is 550 g/mol. The molecule has 0 aliphatic rings. The van der Waals surface area contributed by atoms with Crippen molar-refractivity contribution in [3.8, 4) is 11.5 Å². The highest BCUT2D eigenvalue weighted by Gasteiger charge is 2.23. The molecular formula is C30H47NO11. The first-order valence-corrected chi connectivity index (χ1v) is 14.0. The fourth-order valence-electron chi connectivity index (χ4n) is 2.99. The van der Waals surface area contributed by atoms with Gasteiger partial charge in [-0.1, -0.05) is 67.9 Å². The first kappa shape index (κ1) is 36.5. The summed E-state index contributed by atoms with van der Waals surface area (Å²) >= 11 is 0. The Morgan fingerprint density at radius 2 is 1.38 bits per heavy atom. The minimum Gasteiger partial charge on any atom is -0.468 e. The highest BCUT2D eigenvalue weighted by molar-refractivity contribution is 5.76. The second-order valence-electron chi connectivity index (χ2n) is 12.3. The van der Waals surface area contributed by atoms with Gasteiger partial charge in [0, 0.05) is 6.54 Å². The number of rotatable bonds is 14. The molecule has 0 aromatic heterocycles. The molecule has 2 atom stereocenters. The first-order chi connectivity index (χ1) is 19.5. The third-order valence-corrected chi connectivity index (χ3v) is 5.46. The van der Waals surface area contributed by atoms with Gasteiger partial charge in [0.15, 0.2) is 11.5 Å². The number of carbonyl (C=O) groups excluding carboxylic acids is 4. The standard InChI is InChI=1S/C30H47NO11/c1-10-20(2)17-38-26(33)37-14-13-31-22(25(32)36-9)15-21-11-12-23(41-27(34)39-18-29(3,4)5)24(16-21)42-28(35)40-19-30(6,7)8/h11-12,16,20,22,31H,10,13-15,17-19H2,1-9H3/t20?,22-/m0/s1. The van der Waals surface area contributed by atoms with Crippen LogP contribution in [0.25, 0.3) is 0 Å². The molecule has 0 spiro atoms. The van der Waals surface area contributed by atoms with Crippen molar-refractivity contribution < 1.29 is 52.3 Å². The fourth-order valence-corrected chi connectivity index (χ4v) is 2.99. The Hall–Kier alpha value is -3.54. The lowest BCUT2D eigenvalue weighted by Crippen LogP contribution is -2.41. The smallest absolute Gasteiger partial charge is 0.468 e. The van der Waals surface area contributed by atoms with Crippen LogP contribution in [0.15, 0.2) is 18.2 Å². The zero-order chi connectivity index (χ0) is 31.9. The van der Waals surface area contributed by atoms with Crippen molar-refractivity contribution in [1.29, 1.82) is 0 Å². The van der Waals surface area contributed by atoms with Gasteiger partial charge < -0.3 is 38.5 Å². The number of ether oxygens (including phenoxy) is 7. The zero-order valence-electron chi connectivity index (χ0n) is 26.3. The molecule has 1 rings (SSSR count). The van der Waals surface area contributed by atoms with Crippen LogP contribution in [0.4, 0.5) is 14.4 Å². The van der Waals surface area contributed by atoms with Crippen LogP contribution in [0.5, 0.6) is 11.5 Å². The predicted octanol–water partition coefficient (Wildman–Crippen LogP) is 5.68. The number of benzene rings is 1. The topological polar surface area (TPSA) is 145 Å². The van der Waals surface area contributed by atoms with Crippen molar-refractivity contribution in [3.63, 3.8) is 0 Å². The van der Waals surface area contributed by atoms with E-state index in [-0.39, 0.29) is 67.6 Å². The van der Waals surface area contributed by atoms with E-state index < -0.39 is 30.5 Å². The number of methoxy groups -OCH3 is 1. The molecule has 12 nitrogen and oxygen atoms in total. The normalized spacial score (nSPS) is 12.9. The summed E-state index contributed by atoms with van der Waals surface area (Å²) in [6.07, 6.45) is -1.77. The predicted molar refractivity (Wildman–Crippen MR) is 154 cm³/mol. The third-order valence-electron chi connectivity index (χ3n) is 5.46. The molecule has 238 valence electrons. The maximum atomic E-state index is 12.5. The Balaban J connectivity index is 2.98. The quantitative estimate of drug-likeness (QED) is 0.122. The average molecular weight is 598 g/mol. The Bertz CT molecular complexity index is 1030. The van der Waals surface area contributed by atoms with Gasteiger partial charge in [0.1, 0.15) is 12.6 Å². The van der Waals surface area contributed by atoms with Gasteiger partial charge in [0.25, 0.3) is 0 Å². The zero-order valence-corrected chi connectivity index (χ0v) is 26.3. The number of hydrogen-bond donors (Lipinski definition) is 1. The highest BCUT2D eigenvalue weighted by atomic mass is 16.7. The monoisotopic (exact) mass is 597 g/mol. The molecule has 1 aromatic carbocycles. The van der Waals surface area contributed by atoms with Crippen LogP contribution in [0, 0.1) is 16.7 Å². The lowest BCUT2D eigenvalue weighted by atomic mass is 9.99. The molecule has 42 heavy (non-hydrogen) atoms. The molecule has 0 fully saturated rings. The SMILES string of the molecule is CCC(C)COC(=O)OCCN[C@@H](Cc1ccc(OC(=O)OCC(C)(C)C)c(OC(=O)OCC(C)(C)C)c1)C(=O)OC. The number of carbonyl (C=O) groups is 4. The summed E-state index contributed by atoms with van der Waals surface area (Å²) in [7, 11) is 1.25. The van der Waals surface area contributed by atoms with E-state index in [0.29, 0.717) is 5.56 Å². The molecule has 1 unspecified atom stereocenters. The summed E-state index contributed by atoms with van der Waals surface area (Å²) in [6, 6.07) is 3.63. The Morgan fingerprint density at radius 3 is 1.90 bits per heavy atom. The molecule has 0 aliphatic carbocycles. The van der Waals surface area contributed by atoms with E-state index in [1.807, 2.05) is 55.4 Å². The molecule has 1 N–H and O–H groups in total. The van der Waals surface area contributed by atoms with Crippen LogP contribution < -0.4 is 14.8 Å².